The summed E-state index contributed by atoms with van der Waals surface area (Å²) in [7, 11) is -7.90. The number of aryl methyl sites for hydroxylation is 1. The monoisotopic (exact) mass is 565 g/mol. The number of aliphatic imine (C=N–C) groups is 1. The second-order valence-electron chi connectivity index (χ2n) is 8.93. The van der Waals surface area contributed by atoms with Crippen LogP contribution < -0.4 is 15.0 Å². The van der Waals surface area contributed by atoms with Crippen molar-refractivity contribution >= 4 is 48.6 Å². The van der Waals surface area contributed by atoms with E-state index in [4.69, 9.17) is 0 Å². The van der Waals surface area contributed by atoms with Crippen molar-refractivity contribution in [1.82, 2.24) is 14.5 Å². The molecule has 198 valence electrons. The molecule has 11 nitrogen and oxygen atoms in total. The first kappa shape index (κ1) is 26.8. The number of fused-ring (bicyclic) bond motifs is 1. The van der Waals surface area contributed by atoms with E-state index in [9.17, 15) is 26.7 Å². The molecule has 0 unspecified atom stereocenters. The fourth-order valence-electron chi connectivity index (χ4n) is 3.70. The third-order valence-electron chi connectivity index (χ3n) is 5.50. The summed E-state index contributed by atoms with van der Waals surface area (Å²) in [6.45, 7) is 5.98. The van der Waals surface area contributed by atoms with Gasteiger partial charge in [-0.3, -0.25) is 14.2 Å². The molecule has 37 heavy (non-hydrogen) atoms. The Hall–Kier alpha value is -3.23. The molecular weight excluding hydrogens is 538 g/mol. The molecule has 2 aromatic heterocycles. The Morgan fingerprint density at radius 2 is 2.00 bits per heavy atom. The first-order valence-corrected chi connectivity index (χ1v) is 15.6. The highest BCUT2D eigenvalue weighted by atomic mass is 32.2. The fraction of sp³-hybridized carbons (Fsp3) is 0.348. The third-order valence-corrected chi connectivity index (χ3v) is 9.24. The fourth-order valence-corrected chi connectivity index (χ4v) is 6.72. The van der Waals surface area contributed by atoms with Gasteiger partial charge in [-0.1, -0.05) is 26.8 Å². The van der Waals surface area contributed by atoms with Gasteiger partial charge in [-0.05, 0) is 48.4 Å². The van der Waals surface area contributed by atoms with Gasteiger partial charge in [0.1, 0.15) is 16.2 Å². The Labute approximate surface area is 219 Å². The molecule has 0 saturated carbocycles. The van der Waals surface area contributed by atoms with Gasteiger partial charge in [-0.2, -0.15) is 5.10 Å². The summed E-state index contributed by atoms with van der Waals surface area (Å²) in [4.78, 5) is 18.0. The zero-order valence-corrected chi connectivity index (χ0v) is 22.9. The maximum Gasteiger partial charge on any atom is 0.281 e. The predicted molar refractivity (Wildman–Crippen MR) is 144 cm³/mol. The van der Waals surface area contributed by atoms with Crippen LogP contribution in [0, 0.1) is 5.92 Å². The molecule has 0 aliphatic carbocycles. The zero-order chi connectivity index (χ0) is 27.0. The van der Waals surface area contributed by atoms with Crippen molar-refractivity contribution in [2.45, 2.75) is 45.1 Å². The summed E-state index contributed by atoms with van der Waals surface area (Å²) in [6.07, 6.45) is 1.03. The van der Waals surface area contributed by atoms with Crippen molar-refractivity contribution in [3.8, 4) is 16.3 Å². The zero-order valence-electron chi connectivity index (χ0n) is 20.4. The summed E-state index contributed by atoms with van der Waals surface area (Å²) in [5, 5.41) is 17.2. The van der Waals surface area contributed by atoms with Crippen molar-refractivity contribution in [1.29, 1.82) is 0 Å². The molecule has 1 aliphatic heterocycles. The highest BCUT2D eigenvalue weighted by Gasteiger charge is 2.31. The molecule has 0 bridgehead atoms. The van der Waals surface area contributed by atoms with Crippen LogP contribution in [0.5, 0.6) is 5.75 Å². The minimum absolute atomic E-state index is 0.00537. The molecule has 1 aliphatic rings. The maximum absolute atomic E-state index is 13.4. The third kappa shape index (κ3) is 5.70. The van der Waals surface area contributed by atoms with Gasteiger partial charge in [0.15, 0.2) is 11.6 Å². The number of hydrogen-bond acceptors (Lipinski definition) is 9. The maximum atomic E-state index is 13.4. The van der Waals surface area contributed by atoms with Crippen LogP contribution in [-0.2, 0) is 26.6 Å². The molecule has 0 saturated heterocycles. The summed E-state index contributed by atoms with van der Waals surface area (Å²) >= 11 is 1.31. The summed E-state index contributed by atoms with van der Waals surface area (Å²) in [5.41, 5.74) is -0.800. The molecule has 4 rings (SSSR count). The molecule has 3 N–H and O–H groups in total. The van der Waals surface area contributed by atoms with Gasteiger partial charge in [0.2, 0.25) is 10.0 Å². The predicted octanol–water partition coefficient (Wildman–Crippen LogP) is 3.25. The van der Waals surface area contributed by atoms with Gasteiger partial charge in [0, 0.05) is 12.2 Å². The van der Waals surface area contributed by atoms with Crippen LogP contribution in [0.1, 0.15) is 39.2 Å². The lowest BCUT2D eigenvalue weighted by molar-refractivity contribution is 0.444. The Bertz CT molecular complexity index is 1630. The normalized spacial score (nSPS) is 14.6. The van der Waals surface area contributed by atoms with Crippen LogP contribution in [0.3, 0.4) is 0 Å². The Balaban J connectivity index is 1.85. The van der Waals surface area contributed by atoms with E-state index in [1.54, 1.807) is 24.4 Å². The van der Waals surface area contributed by atoms with Gasteiger partial charge in [-0.25, -0.2) is 26.5 Å². The number of aromatic nitrogens is 2. The van der Waals surface area contributed by atoms with E-state index in [-0.39, 0.29) is 51.6 Å². The van der Waals surface area contributed by atoms with Gasteiger partial charge in [0.05, 0.1) is 16.3 Å². The number of nitrogens with one attached hydrogen (secondary N) is 2. The average Bonchev–Trinajstić information content (AvgIpc) is 3.33. The molecule has 3 heterocycles. The molecule has 3 aromatic rings. The van der Waals surface area contributed by atoms with Crippen molar-refractivity contribution in [3.63, 3.8) is 0 Å². The molecule has 0 amide bonds. The molecule has 14 heteroatoms. The van der Waals surface area contributed by atoms with Gasteiger partial charge < -0.3 is 5.11 Å². The number of amidine groups is 1. The number of benzene rings is 1. The summed E-state index contributed by atoms with van der Waals surface area (Å²) in [5.74, 6) is -0.665. The Kier molecular flexibility index (Phi) is 7.44. The second-order valence-corrected chi connectivity index (χ2v) is 13.4. The first-order chi connectivity index (χ1) is 17.4. The van der Waals surface area contributed by atoms with E-state index < -0.39 is 31.4 Å². The van der Waals surface area contributed by atoms with E-state index in [1.807, 2.05) is 13.8 Å². The molecule has 0 atom stereocenters. The molecule has 0 spiro atoms. The number of sulfonamides is 2. The van der Waals surface area contributed by atoms with Crippen LogP contribution in [0.15, 0.2) is 50.4 Å². The SMILES string of the molecule is CCCS(=O)(=O)Nc1ccc2c(c1)S(=O)(=O)NC(c1c(O)c(-c3cccs3)nn(CCC(C)C)c1=O)=N2. The van der Waals surface area contributed by atoms with Gasteiger partial charge in [0.25, 0.3) is 15.6 Å². The van der Waals surface area contributed by atoms with E-state index >= 15 is 0 Å². The number of aromatic hydroxyl groups is 1. The topological polar surface area (TPSA) is 160 Å². The van der Waals surface area contributed by atoms with E-state index in [1.165, 1.54) is 28.2 Å². The van der Waals surface area contributed by atoms with Crippen LogP contribution in [-0.4, -0.2) is 43.3 Å². The lowest BCUT2D eigenvalue weighted by Crippen LogP contribution is -2.39. The van der Waals surface area contributed by atoms with Crippen LogP contribution in [0.25, 0.3) is 10.6 Å². The number of rotatable bonds is 9. The quantitative estimate of drug-likeness (QED) is 0.359. The summed E-state index contributed by atoms with van der Waals surface area (Å²) < 4.78 is 56.4. The number of hydrogen-bond donors (Lipinski definition) is 3. The van der Waals surface area contributed by atoms with E-state index in [0.717, 1.165) is 6.07 Å². The lowest BCUT2D eigenvalue weighted by Gasteiger charge is -2.20. The summed E-state index contributed by atoms with van der Waals surface area (Å²) in [6, 6.07) is 7.39. The van der Waals surface area contributed by atoms with Crippen molar-refractivity contribution in [2.75, 3.05) is 10.5 Å². The smallest absolute Gasteiger partial charge is 0.281 e. The van der Waals surface area contributed by atoms with Crippen molar-refractivity contribution in [2.24, 2.45) is 10.9 Å². The molecule has 0 radical (unpaired) electrons. The minimum Gasteiger partial charge on any atom is -0.505 e. The van der Waals surface area contributed by atoms with Crippen LogP contribution in [0.4, 0.5) is 11.4 Å². The Morgan fingerprint density at radius 3 is 2.65 bits per heavy atom. The number of thiophene rings is 1. The standard InChI is InChI=1S/C23H27N5O6S3/c1-4-12-36(31,32)26-15-7-8-16-18(13-15)37(33,34)27-22(24-16)19-21(29)20(17-6-5-11-35-17)25-28(23(19)30)10-9-14(2)3/h5-8,11,13-14,26,29H,4,9-10,12H2,1-3H3,(H,24,27). The molecule has 0 fully saturated rings. The first-order valence-electron chi connectivity index (χ1n) is 11.6. The minimum atomic E-state index is -4.26. The number of nitrogens with zero attached hydrogens (tertiary/aromatic N) is 3. The van der Waals surface area contributed by atoms with Gasteiger partial charge >= 0.3 is 0 Å². The second kappa shape index (κ2) is 10.3. The van der Waals surface area contributed by atoms with Gasteiger partial charge in [-0.15, -0.1) is 11.3 Å². The largest absolute Gasteiger partial charge is 0.505 e. The Morgan fingerprint density at radius 1 is 1.24 bits per heavy atom. The molecule has 1 aromatic carbocycles. The average molecular weight is 566 g/mol. The van der Waals surface area contributed by atoms with E-state index in [0.29, 0.717) is 17.7 Å². The van der Waals surface area contributed by atoms with Crippen LogP contribution in [0.2, 0.25) is 0 Å². The number of anilines is 1. The van der Waals surface area contributed by atoms with Crippen LogP contribution >= 0.6 is 11.3 Å². The van der Waals surface area contributed by atoms with Crippen molar-refractivity contribution < 1.29 is 21.9 Å². The van der Waals surface area contributed by atoms with Crippen molar-refractivity contribution in [3.05, 3.63) is 51.6 Å². The van der Waals surface area contributed by atoms with E-state index in [2.05, 4.69) is 19.5 Å². The highest BCUT2D eigenvalue weighted by Crippen LogP contribution is 2.35. The highest BCUT2D eigenvalue weighted by molar-refractivity contribution is 7.92. The molecular formula is C23H27N5O6S3. The lowest BCUT2D eigenvalue weighted by atomic mass is 10.1.